The van der Waals surface area contributed by atoms with Crippen LogP contribution in [0.4, 0.5) is 9.18 Å². The van der Waals surface area contributed by atoms with Crippen molar-refractivity contribution in [1.29, 1.82) is 0 Å². The smallest absolute Gasteiger partial charge is 0.321 e. The largest absolute Gasteiger partial charge is 0.338 e. The van der Waals surface area contributed by atoms with Crippen LogP contribution in [0, 0.1) is 5.82 Å². The van der Waals surface area contributed by atoms with Crippen LogP contribution in [0.2, 0.25) is 0 Å². The quantitative estimate of drug-likeness (QED) is 0.580. The predicted octanol–water partition coefficient (Wildman–Crippen LogP) is -1.05. The summed E-state index contributed by atoms with van der Waals surface area (Å²) in [5, 5.41) is 4.81. The molecule has 26 heavy (non-hydrogen) atoms. The molecule has 1 aliphatic heterocycles. The predicted molar refractivity (Wildman–Crippen MR) is 92.6 cm³/mol. The molecular formula is C16H24FN4O4S+. The van der Waals surface area contributed by atoms with Crippen LogP contribution in [0.25, 0.3) is 0 Å². The number of rotatable bonds is 6. The highest BCUT2D eigenvalue weighted by Crippen LogP contribution is 2.15. The standard InChI is InChI=1S/C16H23FN4O4S/c1-2-7-18-16(23)19-15(22)12-20-8-10-21(11-9-20)26(24,25)14-5-3-13(17)4-6-14/h3-6H,2,7-12H2,1H3,(H2,18,19,22,23)/p+1. The third kappa shape index (κ3) is 5.48. The Kier molecular flexibility index (Phi) is 7.06. The number of urea groups is 1. The summed E-state index contributed by atoms with van der Waals surface area (Å²) in [4.78, 5) is 24.3. The zero-order valence-corrected chi connectivity index (χ0v) is 15.4. The number of hydrogen-bond acceptors (Lipinski definition) is 4. The SMILES string of the molecule is CCCNC(=O)NC(=O)C[NH+]1CCN(S(=O)(=O)c2ccc(F)cc2)CC1. The van der Waals surface area contributed by atoms with E-state index < -0.39 is 27.8 Å². The number of hydrogen-bond donors (Lipinski definition) is 3. The Labute approximate surface area is 152 Å². The van der Waals surface area contributed by atoms with E-state index in [4.69, 9.17) is 0 Å². The highest BCUT2D eigenvalue weighted by atomic mass is 32.2. The number of carbonyl (C=O) groups excluding carboxylic acids is 2. The topological polar surface area (TPSA) is 100 Å². The van der Waals surface area contributed by atoms with Gasteiger partial charge in [0, 0.05) is 6.54 Å². The van der Waals surface area contributed by atoms with Crippen molar-refractivity contribution < 1.29 is 27.3 Å². The molecule has 10 heteroatoms. The van der Waals surface area contributed by atoms with Crippen LogP contribution >= 0.6 is 0 Å². The number of sulfonamides is 1. The Morgan fingerprint density at radius 1 is 1.19 bits per heavy atom. The van der Waals surface area contributed by atoms with E-state index in [0.29, 0.717) is 19.6 Å². The van der Waals surface area contributed by atoms with Crippen LogP contribution in [0.3, 0.4) is 0 Å². The van der Waals surface area contributed by atoms with Crippen molar-refractivity contribution in [2.24, 2.45) is 0 Å². The molecule has 0 atom stereocenters. The van der Waals surface area contributed by atoms with Crippen LogP contribution in [0.1, 0.15) is 13.3 Å². The lowest BCUT2D eigenvalue weighted by Gasteiger charge is -2.31. The summed E-state index contributed by atoms with van der Waals surface area (Å²) >= 11 is 0. The van der Waals surface area contributed by atoms with Gasteiger partial charge >= 0.3 is 6.03 Å². The van der Waals surface area contributed by atoms with Gasteiger partial charge in [0.15, 0.2) is 6.54 Å². The molecule has 0 bridgehead atoms. The van der Waals surface area contributed by atoms with Crippen LogP contribution in [0.5, 0.6) is 0 Å². The maximum Gasteiger partial charge on any atom is 0.321 e. The van der Waals surface area contributed by atoms with Gasteiger partial charge in [0.2, 0.25) is 10.0 Å². The molecule has 1 aromatic carbocycles. The van der Waals surface area contributed by atoms with Gasteiger partial charge in [-0.2, -0.15) is 4.31 Å². The molecule has 1 aromatic rings. The molecule has 0 aliphatic carbocycles. The van der Waals surface area contributed by atoms with Crippen molar-refractivity contribution in [3.05, 3.63) is 30.1 Å². The summed E-state index contributed by atoms with van der Waals surface area (Å²) < 4.78 is 39.4. The molecule has 0 spiro atoms. The molecule has 1 aliphatic rings. The highest BCUT2D eigenvalue weighted by Gasteiger charge is 2.31. The minimum absolute atomic E-state index is 0.0488. The van der Waals surface area contributed by atoms with Gasteiger partial charge in [-0.3, -0.25) is 10.1 Å². The monoisotopic (exact) mass is 387 g/mol. The number of benzene rings is 1. The van der Waals surface area contributed by atoms with Gasteiger partial charge in [0.1, 0.15) is 5.82 Å². The fourth-order valence-electron chi connectivity index (χ4n) is 2.66. The van der Waals surface area contributed by atoms with Gasteiger partial charge < -0.3 is 10.2 Å². The van der Waals surface area contributed by atoms with Crippen molar-refractivity contribution in [2.45, 2.75) is 18.2 Å². The average Bonchev–Trinajstić information content (AvgIpc) is 2.60. The van der Waals surface area contributed by atoms with E-state index in [1.165, 1.54) is 16.4 Å². The molecule has 0 unspecified atom stereocenters. The molecule has 3 N–H and O–H groups in total. The normalized spacial score (nSPS) is 16.2. The number of quaternary nitrogens is 1. The first-order chi connectivity index (χ1) is 12.3. The molecule has 144 valence electrons. The Balaban J connectivity index is 1.84. The molecule has 1 fully saturated rings. The Hall–Kier alpha value is -2.04. The summed E-state index contributed by atoms with van der Waals surface area (Å²) in [6, 6.07) is 4.19. The molecule has 0 saturated carbocycles. The number of piperazine rings is 1. The van der Waals surface area contributed by atoms with Gasteiger partial charge in [-0.15, -0.1) is 0 Å². The van der Waals surface area contributed by atoms with Gasteiger partial charge in [-0.05, 0) is 30.7 Å². The van der Waals surface area contributed by atoms with E-state index in [0.717, 1.165) is 23.5 Å². The minimum atomic E-state index is -3.67. The summed E-state index contributed by atoms with van der Waals surface area (Å²) in [6.45, 7) is 3.91. The maximum atomic E-state index is 13.0. The second-order valence-corrected chi connectivity index (χ2v) is 8.03. The second kappa shape index (κ2) is 9.06. The van der Waals surface area contributed by atoms with E-state index in [2.05, 4.69) is 10.6 Å². The maximum absolute atomic E-state index is 13.0. The van der Waals surface area contributed by atoms with E-state index >= 15 is 0 Å². The molecule has 3 amide bonds. The van der Waals surface area contributed by atoms with E-state index in [9.17, 15) is 22.4 Å². The second-order valence-electron chi connectivity index (χ2n) is 6.09. The van der Waals surface area contributed by atoms with E-state index in [1.54, 1.807) is 0 Å². The zero-order valence-electron chi connectivity index (χ0n) is 14.6. The molecule has 1 saturated heterocycles. The number of nitrogens with one attached hydrogen (secondary N) is 3. The van der Waals surface area contributed by atoms with Crippen molar-refractivity contribution in [2.75, 3.05) is 39.3 Å². The number of nitrogens with zero attached hydrogens (tertiary/aromatic N) is 1. The Bertz CT molecular complexity index is 731. The molecule has 1 heterocycles. The molecule has 2 rings (SSSR count). The number of amides is 3. The lowest BCUT2D eigenvalue weighted by molar-refractivity contribution is -0.895. The Morgan fingerprint density at radius 2 is 1.81 bits per heavy atom. The van der Waals surface area contributed by atoms with Crippen LogP contribution in [-0.4, -0.2) is 63.9 Å². The van der Waals surface area contributed by atoms with E-state index in [1.807, 2.05) is 6.92 Å². The first kappa shape index (κ1) is 20.3. The minimum Gasteiger partial charge on any atom is -0.338 e. The molecule has 8 nitrogen and oxygen atoms in total. The third-order valence-corrected chi connectivity index (χ3v) is 5.99. The van der Waals surface area contributed by atoms with Crippen LogP contribution < -0.4 is 15.5 Å². The van der Waals surface area contributed by atoms with Gasteiger partial charge in [0.25, 0.3) is 5.91 Å². The molecule has 0 aromatic heterocycles. The van der Waals surface area contributed by atoms with Crippen molar-refractivity contribution >= 4 is 22.0 Å². The molecule has 0 radical (unpaired) electrons. The molecular weight excluding hydrogens is 363 g/mol. The lowest BCUT2D eigenvalue weighted by Crippen LogP contribution is -3.15. The first-order valence-electron chi connectivity index (χ1n) is 8.50. The summed E-state index contributed by atoms with van der Waals surface area (Å²) in [7, 11) is -3.67. The van der Waals surface area contributed by atoms with Gasteiger partial charge in [-0.1, -0.05) is 6.92 Å². The van der Waals surface area contributed by atoms with Crippen LogP contribution in [-0.2, 0) is 14.8 Å². The van der Waals surface area contributed by atoms with Gasteiger partial charge in [0.05, 0.1) is 31.1 Å². The van der Waals surface area contributed by atoms with Crippen LogP contribution in [0.15, 0.2) is 29.2 Å². The third-order valence-electron chi connectivity index (χ3n) is 4.08. The first-order valence-corrected chi connectivity index (χ1v) is 9.94. The van der Waals surface area contributed by atoms with Crippen molar-refractivity contribution in [3.63, 3.8) is 0 Å². The lowest BCUT2D eigenvalue weighted by atomic mass is 10.3. The number of carbonyl (C=O) groups is 2. The average molecular weight is 387 g/mol. The number of halogens is 1. The summed E-state index contributed by atoms with van der Waals surface area (Å²) in [6.07, 6.45) is 0.775. The highest BCUT2D eigenvalue weighted by molar-refractivity contribution is 7.89. The fraction of sp³-hybridized carbons (Fsp3) is 0.500. The van der Waals surface area contributed by atoms with Gasteiger partial charge in [-0.25, -0.2) is 17.6 Å². The summed E-state index contributed by atoms with van der Waals surface area (Å²) in [5.41, 5.74) is 0. The Morgan fingerprint density at radius 3 is 2.38 bits per heavy atom. The number of imide groups is 1. The fourth-order valence-corrected chi connectivity index (χ4v) is 4.10. The summed E-state index contributed by atoms with van der Waals surface area (Å²) in [5.74, 6) is -0.893. The zero-order chi connectivity index (χ0) is 19.2. The van der Waals surface area contributed by atoms with E-state index in [-0.39, 0.29) is 24.5 Å². The van der Waals surface area contributed by atoms with Crippen molar-refractivity contribution in [3.8, 4) is 0 Å². The van der Waals surface area contributed by atoms with Crippen molar-refractivity contribution in [1.82, 2.24) is 14.9 Å².